The van der Waals surface area contributed by atoms with Crippen LogP contribution in [0.1, 0.15) is 6.92 Å². The highest BCUT2D eigenvalue weighted by atomic mass is 16.2. The summed E-state index contributed by atoms with van der Waals surface area (Å²) in [4.78, 5) is 7.57. The van der Waals surface area contributed by atoms with Crippen molar-refractivity contribution in [1.29, 1.82) is 0 Å². The predicted molar refractivity (Wildman–Crippen MR) is 61.2 cm³/mol. The van der Waals surface area contributed by atoms with Gasteiger partial charge < -0.3 is 5.11 Å². The van der Waals surface area contributed by atoms with Crippen LogP contribution in [-0.4, -0.2) is 21.7 Å². The molecule has 15 heavy (non-hydrogen) atoms. The van der Waals surface area contributed by atoms with E-state index in [2.05, 4.69) is 9.97 Å². The summed E-state index contributed by atoms with van der Waals surface area (Å²) in [7, 11) is 0. The summed E-state index contributed by atoms with van der Waals surface area (Å²) >= 11 is 0. The molecule has 0 saturated heterocycles. The molecule has 0 radical (unpaired) electrons. The second-order valence-electron chi connectivity index (χ2n) is 2.37. The van der Waals surface area contributed by atoms with E-state index in [1.165, 1.54) is 0 Å². The van der Waals surface area contributed by atoms with Gasteiger partial charge in [0, 0.05) is 31.4 Å². The molecular formula is C12H16N2O. The van der Waals surface area contributed by atoms with Crippen molar-refractivity contribution in [3.8, 4) is 0 Å². The minimum Gasteiger partial charge on any atom is -0.397 e. The van der Waals surface area contributed by atoms with Crippen LogP contribution in [0.3, 0.4) is 0 Å². The second kappa shape index (κ2) is 12.3. The van der Waals surface area contributed by atoms with E-state index < -0.39 is 0 Å². The fraction of sp³-hybridized carbons (Fsp3) is 0.167. The van der Waals surface area contributed by atoms with Gasteiger partial charge in [0.05, 0.1) is 0 Å². The highest BCUT2D eigenvalue weighted by Crippen LogP contribution is 1.74. The van der Waals surface area contributed by atoms with Gasteiger partial charge in [0.25, 0.3) is 0 Å². The van der Waals surface area contributed by atoms with Crippen molar-refractivity contribution >= 4 is 0 Å². The molecule has 0 saturated carbocycles. The Morgan fingerprint density at radius 2 is 1.00 bits per heavy atom. The van der Waals surface area contributed by atoms with Crippen LogP contribution in [0, 0.1) is 0 Å². The largest absolute Gasteiger partial charge is 0.397 e. The molecule has 0 atom stereocenters. The van der Waals surface area contributed by atoms with Crippen LogP contribution in [0.4, 0.5) is 0 Å². The molecule has 2 rings (SSSR count). The van der Waals surface area contributed by atoms with Gasteiger partial charge in [-0.05, 0) is 31.2 Å². The third kappa shape index (κ3) is 12.3. The van der Waals surface area contributed by atoms with E-state index in [0.29, 0.717) is 0 Å². The summed E-state index contributed by atoms with van der Waals surface area (Å²) in [5, 5.41) is 7.57. The standard InChI is InChI=1S/2C5H5N.C2H6O/c2*1-2-4-6-5-3-1;1-2-3/h2*1-5H;3H,2H2,1H3. The van der Waals surface area contributed by atoms with Crippen LogP contribution in [0.5, 0.6) is 0 Å². The zero-order valence-corrected chi connectivity index (χ0v) is 8.82. The Morgan fingerprint density at radius 1 is 0.733 bits per heavy atom. The molecule has 1 N–H and O–H groups in total. The van der Waals surface area contributed by atoms with E-state index in [1.807, 2.05) is 36.4 Å². The van der Waals surface area contributed by atoms with Gasteiger partial charge in [-0.25, -0.2) is 0 Å². The van der Waals surface area contributed by atoms with Gasteiger partial charge in [0.1, 0.15) is 0 Å². The Hall–Kier alpha value is -1.74. The topological polar surface area (TPSA) is 46.0 Å². The fourth-order valence-corrected chi connectivity index (χ4v) is 0.625. The Labute approximate surface area is 90.5 Å². The summed E-state index contributed by atoms with van der Waals surface area (Å²) in [6, 6.07) is 11.4. The number of aliphatic hydroxyl groups excluding tert-OH is 1. The van der Waals surface area contributed by atoms with Gasteiger partial charge in [0.2, 0.25) is 0 Å². The van der Waals surface area contributed by atoms with Gasteiger partial charge >= 0.3 is 0 Å². The van der Waals surface area contributed by atoms with E-state index in [4.69, 9.17) is 5.11 Å². The first-order chi connectivity index (χ1) is 7.41. The minimum atomic E-state index is 0.250. The molecule has 0 unspecified atom stereocenters. The Morgan fingerprint density at radius 3 is 1.07 bits per heavy atom. The molecule has 80 valence electrons. The van der Waals surface area contributed by atoms with E-state index in [-0.39, 0.29) is 6.61 Å². The summed E-state index contributed by atoms with van der Waals surface area (Å²) in [6.07, 6.45) is 7.00. The molecule has 0 spiro atoms. The molecule has 3 nitrogen and oxygen atoms in total. The Bertz CT molecular complexity index is 202. The third-order valence-corrected chi connectivity index (χ3v) is 1.13. The maximum absolute atomic E-state index is 7.57. The quantitative estimate of drug-likeness (QED) is 0.715. The highest BCUT2D eigenvalue weighted by molar-refractivity contribution is 4.88. The first-order valence-corrected chi connectivity index (χ1v) is 4.72. The zero-order chi connectivity index (χ0) is 11.2. The molecule has 0 amide bonds. The smallest absolute Gasteiger partial charge is 0.0402 e. The van der Waals surface area contributed by atoms with Crippen LogP contribution >= 0.6 is 0 Å². The number of nitrogens with zero attached hydrogens (tertiary/aromatic N) is 2. The van der Waals surface area contributed by atoms with Crippen molar-refractivity contribution in [3.63, 3.8) is 0 Å². The predicted octanol–water partition coefficient (Wildman–Crippen LogP) is 2.16. The molecule has 3 heteroatoms. The number of aliphatic hydroxyl groups is 1. The lowest BCUT2D eigenvalue weighted by Crippen LogP contribution is -1.58. The Balaban J connectivity index is 0.000000210. The van der Waals surface area contributed by atoms with E-state index in [0.717, 1.165) is 0 Å². The van der Waals surface area contributed by atoms with E-state index in [1.54, 1.807) is 31.7 Å². The van der Waals surface area contributed by atoms with E-state index in [9.17, 15) is 0 Å². The van der Waals surface area contributed by atoms with Gasteiger partial charge in [-0.1, -0.05) is 12.1 Å². The normalized spacial score (nSPS) is 7.60. The molecule has 0 bridgehead atoms. The number of aromatic nitrogens is 2. The van der Waals surface area contributed by atoms with Crippen LogP contribution in [0.2, 0.25) is 0 Å². The van der Waals surface area contributed by atoms with Gasteiger partial charge in [0.15, 0.2) is 0 Å². The maximum atomic E-state index is 7.57. The zero-order valence-electron chi connectivity index (χ0n) is 8.82. The molecule has 2 aromatic rings. The molecular weight excluding hydrogens is 188 g/mol. The molecule has 0 aliphatic heterocycles. The SMILES string of the molecule is CCO.c1ccncc1.c1ccncc1. The maximum Gasteiger partial charge on any atom is 0.0402 e. The average Bonchev–Trinajstić information content (AvgIpc) is 2.35. The van der Waals surface area contributed by atoms with Crippen LogP contribution in [0.25, 0.3) is 0 Å². The van der Waals surface area contributed by atoms with Crippen LogP contribution < -0.4 is 0 Å². The monoisotopic (exact) mass is 204 g/mol. The third-order valence-electron chi connectivity index (χ3n) is 1.13. The van der Waals surface area contributed by atoms with Crippen molar-refractivity contribution in [3.05, 3.63) is 61.2 Å². The minimum absolute atomic E-state index is 0.250. The summed E-state index contributed by atoms with van der Waals surface area (Å²) in [5.41, 5.74) is 0. The number of hydrogen-bond acceptors (Lipinski definition) is 3. The van der Waals surface area contributed by atoms with Crippen molar-refractivity contribution in [2.75, 3.05) is 6.61 Å². The van der Waals surface area contributed by atoms with Gasteiger partial charge in [-0.15, -0.1) is 0 Å². The summed E-state index contributed by atoms with van der Waals surface area (Å²) < 4.78 is 0. The van der Waals surface area contributed by atoms with Crippen LogP contribution in [0.15, 0.2) is 61.2 Å². The number of hydrogen-bond donors (Lipinski definition) is 1. The number of pyridine rings is 2. The van der Waals surface area contributed by atoms with Crippen molar-refractivity contribution < 1.29 is 5.11 Å². The molecule has 2 heterocycles. The first-order valence-electron chi connectivity index (χ1n) is 4.72. The van der Waals surface area contributed by atoms with E-state index >= 15 is 0 Å². The van der Waals surface area contributed by atoms with Crippen molar-refractivity contribution in [1.82, 2.24) is 9.97 Å². The lowest BCUT2D eigenvalue weighted by molar-refractivity contribution is 0.318. The highest BCUT2D eigenvalue weighted by Gasteiger charge is 1.59. The summed E-state index contributed by atoms with van der Waals surface area (Å²) in [5.74, 6) is 0. The molecule has 0 aliphatic carbocycles. The Kier molecular flexibility index (Phi) is 10.8. The lowest BCUT2D eigenvalue weighted by Gasteiger charge is -1.70. The summed E-state index contributed by atoms with van der Waals surface area (Å²) in [6.45, 7) is 1.93. The molecule has 0 fully saturated rings. The van der Waals surface area contributed by atoms with Crippen LogP contribution in [-0.2, 0) is 0 Å². The lowest BCUT2D eigenvalue weighted by atomic mass is 10.5. The first kappa shape index (κ1) is 13.3. The van der Waals surface area contributed by atoms with Crippen molar-refractivity contribution in [2.45, 2.75) is 6.92 Å². The second-order valence-corrected chi connectivity index (χ2v) is 2.37. The fourth-order valence-electron chi connectivity index (χ4n) is 0.625. The van der Waals surface area contributed by atoms with Crippen molar-refractivity contribution in [2.24, 2.45) is 0 Å². The van der Waals surface area contributed by atoms with Gasteiger partial charge in [-0.2, -0.15) is 0 Å². The number of rotatable bonds is 0. The molecule has 2 aromatic heterocycles. The molecule has 0 aliphatic rings. The average molecular weight is 204 g/mol. The van der Waals surface area contributed by atoms with Gasteiger partial charge in [-0.3, -0.25) is 9.97 Å². The molecule has 0 aromatic carbocycles.